The Bertz CT molecular complexity index is 258. The lowest BCUT2D eigenvalue weighted by atomic mass is 10.2. The summed E-state index contributed by atoms with van der Waals surface area (Å²) in [7, 11) is -2.86. The largest absolute Gasteiger partial charge is 0.417 e. The molecule has 0 bridgehead atoms. The van der Waals surface area contributed by atoms with Gasteiger partial charge in [-0.1, -0.05) is 54.6 Å². The normalized spacial score (nSPS) is 14.7. The molecule has 0 aromatic rings. The molecule has 0 aliphatic heterocycles. The highest BCUT2D eigenvalue weighted by atomic mass is 28.4. The van der Waals surface area contributed by atoms with Crippen molar-refractivity contribution in [1.82, 2.24) is 4.98 Å². The maximum Gasteiger partial charge on any atom is 0.191 e. The van der Waals surface area contributed by atoms with Gasteiger partial charge in [0.2, 0.25) is 0 Å². The van der Waals surface area contributed by atoms with Gasteiger partial charge in [-0.25, -0.2) is 0 Å². The fourth-order valence-electron chi connectivity index (χ4n) is 1.44. The van der Waals surface area contributed by atoms with E-state index in [-0.39, 0.29) is 0 Å². The lowest BCUT2D eigenvalue weighted by Crippen LogP contribution is -2.52. The van der Waals surface area contributed by atoms with Crippen molar-refractivity contribution in [3.05, 3.63) is 0 Å². The van der Waals surface area contributed by atoms with Crippen LogP contribution in [0.3, 0.4) is 0 Å². The minimum atomic E-state index is -1.54. The predicted molar refractivity (Wildman–Crippen MR) is 97.6 cm³/mol. The van der Waals surface area contributed by atoms with Gasteiger partial charge in [0.15, 0.2) is 8.32 Å². The predicted octanol–water partition coefficient (Wildman–Crippen LogP) is 5.38. The first-order valence-electron chi connectivity index (χ1n) is 8.10. The summed E-state index contributed by atoms with van der Waals surface area (Å²) in [5.41, 5.74) is 0. The van der Waals surface area contributed by atoms with Crippen molar-refractivity contribution in [1.29, 1.82) is 0 Å². The summed E-state index contributed by atoms with van der Waals surface area (Å²) in [6.07, 6.45) is 2.40. The second-order valence-electron chi connectivity index (χ2n) is 9.12. The third-order valence-corrected chi connectivity index (χ3v) is 14.7. The molecule has 20 heavy (non-hydrogen) atoms. The number of rotatable bonds is 7. The van der Waals surface area contributed by atoms with E-state index in [0.29, 0.717) is 10.1 Å². The second-order valence-corrected chi connectivity index (χ2v) is 19.0. The van der Waals surface area contributed by atoms with E-state index in [1.165, 1.54) is 12.8 Å². The lowest BCUT2D eigenvalue weighted by Gasteiger charge is -2.38. The molecule has 122 valence electrons. The van der Waals surface area contributed by atoms with Crippen molar-refractivity contribution in [2.24, 2.45) is 0 Å². The first kappa shape index (κ1) is 20.4. The van der Waals surface area contributed by atoms with E-state index in [9.17, 15) is 0 Å². The van der Waals surface area contributed by atoms with Crippen molar-refractivity contribution < 1.29 is 4.43 Å². The van der Waals surface area contributed by atoms with E-state index in [1.54, 1.807) is 0 Å². The molecule has 0 saturated carbocycles. The van der Waals surface area contributed by atoms with Gasteiger partial charge < -0.3 is 9.41 Å². The Kier molecular flexibility index (Phi) is 7.20. The molecule has 0 amide bonds. The van der Waals surface area contributed by atoms with Gasteiger partial charge in [-0.15, -0.1) is 0 Å². The summed E-state index contributed by atoms with van der Waals surface area (Å²) >= 11 is 0. The van der Waals surface area contributed by atoms with E-state index < -0.39 is 16.6 Å². The highest BCUT2D eigenvalue weighted by Gasteiger charge is 2.37. The molecule has 0 aromatic heterocycles. The van der Waals surface area contributed by atoms with Crippen LogP contribution in [0, 0.1) is 0 Å². The van der Waals surface area contributed by atoms with Crippen LogP contribution in [0.1, 0.15) is 54.4 Å². The Morgan fingerprint density at radius 2 is 1.30 bits per heavy atom. The topological polar surface area (TPSA) is 21.3 Å². The quantitative estimate of drug-likeness (QED) is 0.502. The zero-order valence-electron chi connectivity index (χ0n) is 15.7. The third kappa shape index (κ3) is 6.41. The van der Waals surface area contributed by atoms with Gasteiger partial charge in [0, 0.05) is 6.61 Å². The zero-order chi connectivity index (χ0) is 16.2. The van der Waals surface area contributed by atoms with E-state index in [1.807, 2.05) is 0 Å². The highest BCUT2D eigenvalue weighted by molar-refractivity contribution is 6.77. The molecule has 0 aromatic carbocycles. The second kappa shape index (κ2) is 7.08. The van der Waals surface area contributed by atoms with Crippen LogP contribution < -0.4 is 4.98 Å². The Morgan fingerprint density at radius 3 is 1.70 bits per heavy atom. The molecular weight excluding hydrogens is 278 g/mol. The Labute approximate surface area is 130 Å². The Morgan fingerprint density at radius 1 is 0.800 bits per heavy atom. The highest BCUT2D eigenvalue weighted by Crippen LogP contribution is 2.36. The van der Waals surface area contributed by atoms with Crippen LogP contribution in [0.25, 0.3) is 0 Å². The maximum absolute atomic E-state index is 6.22. The van der Waals surface area contributed by atoms with Gasteiger partial charge in [0.25, 0.3) is 0 Å². The first-order chi connectivity index (χ1) is 8.71. The van der Waals surface area contributed by atoms with Crippen LogP contribution in [0.2, 0.25) is 36.3 Å². The average molecular weight is 318 g/mol. The van der Waals surface area contributed by atoms with E-state index >= 15 is 0 Å². The molecule has 2 nitrogen and oxygen atoms in total. The molecule has 0 unspecified atom stereocenters. The molecule has 0 saturated heterocycles. The van der Waals surface area contributed by atoms with Gasteiger partial charge in [0.1, 0.15) is 8.24 Å². The standard InChI is InChI=1S/C16H39NOSi2/c1-15(2,3)19(7,8)17-13-11-12-14-18-20(9,10)16(4,5)6/h17H,11-14H2,1-10H3. The number of hydrogen-bond acceptors (Lipinski definition) is 2. The summed E-state index contributed by atoms with van der Waals surface area (Å²) in [5.74, 6) is 0. The molecule has 0 atom stereocenters. The Hall–Kier alpha value is 0.354. The summed E-state index contributed by atoms with van der Waals surface area (Å²) in [6, 6.07) is 0. The molecule has 0 aliphatic carbocycles. The van der Waals surface area contributed by atoms with E-state index in [4.69, 9.17) is 4.43 Å². The van der Waals surface area contributed by atoms with Gasteiger partial charge in [-0.2, -0.15) is 0 Å². The fraction of sp³-hybridized carbons (Fsp3) is 1.00. The zero-order valence-corrected chi connectivity index (χ0v) is 17.7. The minimum Gasteiger partial charge on any atom is -0.417 e. The lowest BCUT2D eigenvalue weighted by molar-refractivity contribution is 0.279. The minimum absolute atomic E-state index is 0.326. The molecule has 0 aliphatic rings. The summed E-state index contributed by atoms with van der Waals surface area (Å²) in [4.78, 5) is 3.82. The molecular formula is C16H39NOSi2. The third-order valence-electron chi connectivity index (χ3n) is 5.28. The molecule has 0 spiro atoms. The summed E-state index contributed by atoms with van der Waals surface area (Å²) in [6.45, 7) is 25.6. The van der Waals surface area contributed by atoms with Crippen LogP contribution >= 0.6 is 0 Å². The van der Waals surface area contributed by atoms with Gasteiger partial charge in [0.05, 0.1) is 0 Å². The summed E-state index contributed by atoms with van der Waals surface area (Å²) < 4.78 is 6.22. The molecule has 0 fully saturated rings. The fourth-order valence-corrected chi connectivity index (χ4v) is 3.86. The smallest absolute Gasteiger partial charge is 0.191 e. The molecule has 0 heterocycles. The average Bonchev–Trinajstić information content (AvgIpc) is 2.19. The molecule has 0 radical (unpaired) electrons. The monoisotopic (exact) mass is 317 g/mol. The number of unbranched alkanes of at least 4 members (excludes halogenated alkanes) is 1. The van der Waals surface area contributed by atoms with E-state index in [0.717, 1.165) is 13.2 Å². The van der Waals surface area contributed by atoms with Crippen molar-refractivity contribution >= 4 is 16.6 Å². The van der Waals surface area contributed by atoms with Crippen molar-refractivity contribution in [3.8, 4) is 0 Å². The van der Waals surface area contributed by atoms with Crippen LogP contribution in [-0.2, 0) is 4.43 Å². The Balaban J connectivity index is 3.91. The maximum atomic E-state index is 6.22. The number of nitrogens with one attached hydrogen (secondary N) is 1. The molecule has 1 N–H and O–H groups in total. The van der Waals surface area contributed by atoms with Crippen molar-refractivity contribution in [2.45, 2.75) is 90.6 Å². The molecule has 4 heteroatoms. The van der Waals surface area contributed by atoms with Crippen LogP contribution in [0.4, 0.5) is 0 Å². The van der Waals surface area contributed by atoms with Gasteiger partial charge >= 0.3 is 0 Å². The SMILES string of the molecule is CC(C)(C)[Si](C)(C)NCCCCO[Si](C)(C)C(C)(C)C. The van der Waals surface area contributed by atoms with Crippen LogP contribution in [-0.4, -0.2) is 29.7 Å². The van der Waals surface area contributed by atoms with Crippen LogP contribution in [0.15, 0.2) is 0 Å². The number of hydrogen-bond donors (Lipinski definition) is 1. The van der Waals surface area contributed by atoms with Crippen LogP contribution in [0.5, 0.6) is 0 Å². The first-order valence-corrected chi connectivity index (χ1v) is 14.0. The van der Waals surface area contributed by atoms with Crippen molar-refractivity contribution in [3.63, 3.8) is 0 Å². The summed E-state index contributed by atoms with van der Waals surface area (Å²) in [5, 5.41) is 0.747. The molecule has 0 rings (SSSR count). The van der Waals surface area contributed by atoms with Crippen molar-refractivity contribution in [2.75, 3.05) is 13.2 Å². The van der Waals surface area contributed by atoms with Gasteiger partial charge in [-0.3, -0.25) is 0 Å². The van der Waals surface area contributed by atoms with Gasteiger partial charge in [-0.05, 0) is 42.6 Å². The van der Waals surface area contributed by atoms with E-state index in [2.05, 4.69) is 72.7 Å².